The molecule has 2 amide bonds. The minimum atomic E-state index is -0.314. The maximum atomic E-state index is 13.4. The molecule has 126 valence electrons. The van der Waals surface area contributed by atoms with Gasteiger partial charge < -0.3 is 15.1 Å². The van der Waals surface area contributed by atoms with Crippen molar-refractivity contribution in [3.63, 3.8) is 0 Å². The van der Waals surface area contributed by atoms with Crippen molar-refractivity contribution in [2.75, 3.05) is 39.5 Å². The molecule has 1 aromatic carbocycles. The summed E-state index contributed by atoms with van der Waals surface area (Å²) in [7, 11) is 4.05. The zero-order chi connectivity index (χ0) is 16.8. The fourth-order valence-electron chi connectivity index (χ4n) is 2.39. The molecule has 1 aromatic rings. The number of nitrogens with zero attached hydrogens (tertiary/aromatic N) is 1. The highest BCUT2D eigenvalue weighted by molar-refractivity contribution is 8.00. The SMILES string of the molecule is C[NH+](C)CCNC(=O)CCN1C(=O)CS[C@H]1c1cccc(F)c1. The third-order valence-corrected chi connectivity index (χ3v) is 4.88. The van der Waals surface area contributed by atoms with Crippen LogP contribution in [0.25, 0.3) is 0 Å². The molecule has 1 aliphatic rings. The molecule has 0 aromatic heterocycles. The standard InChI is InChI=1S/C16H22FN3O2S/c1-19(2)9-7-18-14(21)6-8-20-15(22)11-23-16(20)12-4-3-5-13(17)10-12/h3-5,10,16H,6-9,11H2,1-2H3,(H,18,21)/p+1/t16-/m0/s1. The molecule has 23 heavy (non-hydrogen) atoms. The third-order valence-electron chi connectivity index (χ3n) is 3.63. The van der Waals surface area contributed by atoms with Crippen LogP contribution in [-0.4, -0.2) is 56.2 Å². The van der Waals surface area contributed by atoms with Crippen molar-refractivity contribution < 1.29 is 18.9 Å². The third kappa shape index (κ3) is 5.21. The molecule has 0 bridgehead atoms. The van der Waals surface area contributed by atoms with E-state index in [0.717, 1.165) is 12.1 Å². The van der Waals surface area contributed by atoms with Gasteiger partial charge in [-0.15, -0.1) is 11.8 Å². The fraction of sp³-hybridized carbons (Fsp3) is 0.500. The van der Waals surface area contributed by atoms with E-state index in [0.29, 0.717) is 18.8 Å². The summed E-state index contributed by atoms with van der Waals surface area (Å²) in [5, 5.41) is 2.64. The lowest BCUT2D eigenvalue weighted by atomic mass is 10.2. The van der Waals surface area contributed by atoms with Crippen LogP contribution in [0.5, 0.6) is 0 Å². The number of carbonyl (C=O) groups is 2. The van der Waals surface area contributed by atoms with Gasteiger partial charge in [0.1, 0.15) is 11.2 Å². The summed E-state index contributed by atoms with van der Waals surface area (Å²) < 4.78 is 13.4. The molecule has 1 saturated heterocycles. The summed E-state index contributed by atoms with van der Waals surface area (Å²) in [5.74, 6) is -0.0117. The molecule has 0 saturated carbocycles. The van der Waals surface area contributed by atoms with Gasteiger partial charge >= 0.3 is 0 Å². The minimum absolute atomic E-state index is 0.00482. The maximum absolute atomic E-state index is 13.4. The quantitative estimate of drug-likeness (QED) is 0.738. The highest BCUT2D eigenvalue weighted by Gasteiger charge is 2.32. The summed E-state index contributed by atoms with van der Waals surface area (Å²) in [6.45, 7) is 1.83. The van der Waals surface area contributed by atoms with Crippen molar-refractivity contribution in [3.8, 4) is 0 Å². The Morgan fingerprint density at radius 1 is 1.48 bits per heavy atom. The number of amides is 2. The maximum Gasteiger partial charge on any atom is 0.233 e. The lowest BCUT2D eigenvalue weighted by Crippen LogP contribution is -3.06. The molecule has 1 atom stereocenters. The van der Waals surface area contributed by atoms with Crippen molar-refractivity contribution in [1.29, 1.82) is 0 Å². The number of halogens is 1. The average molecular weight is 340 g/mol. The van der Waals surface area contributed by atoms with Crippen LogP contribution in [0.1, 0.15) is 17.4 Å². The Morgan fingerprint density at radius 3 is 2.96 bits per heavy atom. The molecule has 1 heterocycles. The van der Waals surface area contributed by atoms with Gasteiger partial charge in [0.2, 0.25) is 11.8 Å². The summed E-state index contributed by atoms with van der Waals surface area (Å²) in [4.78, 5) is 26.8. The number of likely N-dealkylation sites (N-methyl/N-ethyl adjacent to an activating group) is 1. The van der Waals surface area contributed by atoms with Crippen LogP contribution in [0, 0.1) is 5.82 Å². The molecular weight excluding hydrogens is 317 g/mol. The number of hydrogen-bond donors (Lipinski definition) is 2. The topological polar surface area (TPSA) is 53.9 Å². The number of carbonyl (C=O) groups excluding carboxylic acids is 2. The van der Waals surface area contributed by atoms with Crippen LogP contribution >= 0.6 is 11.8 Å². The second kappa shape index (κ2) is 8.31. The van der Waals surface area contributed by atoms with Gasteiger partial charge in [-0.1, -0.05) is 12.1 Å². The Labute approximate surface area is 140 Å². The van der Waals surface area contributed by atoms with E-state index in [1.807, 2.05) is 20.2 Å². The van der Waals surface area contributed by atoms with E-state index in [1.165, 1.54) is 28.8 Å². The normalized spacial score (nSPS) is 17.8. The molecule has 0 spiro atoms. The number of thioether (sulfide) groups is 1. The zero-order valence-electron chi connectivity index (χ0n) is 13.5. The second-order valence-corrected chi connectivity index (χ2v) is 6.93. The van der Waals surface area contributed by atoms with Crippen LogP contribution in [0.4, 0.5) is 4.39 Å². The minimum Gasteiger partial charge on any atom is -0.350 e. The van der Waals surface area contributed by atoms with Gasteiger partial charge in [-0.3, -0.25) is 9.59 Å². The lowest BCUT2D eigenvalue weighted by molar-refractivity contribution is -0.856. The van der Waals surface area contributed by atoms with Crippen molar-refractivity contribution in [1.82, 2.24) is 10.2 Å². The van der Waals surface area contributed by atoms with Crippen molar-refractivity contribution in [2.24, 2.45) is 0 Å². The number of benzene rings is 1. The fourth-order valence-corrected chi connectivity index (χ4v) is 3.60. The van der Waals surface area contributed by atoms with Gasteiger partial charge in [0, 0.05) is 13.0 Å². The van der Waals surface area contributed by atoms with Crippen molar-refractivity contribution >= 4 is 23.6 Å². The largest absolute Gasteiger partial charge is 0.350 e. The van der Waals surface area contributed by atoms with Crippen molar-refractivity contribution in [2.45, 2.75) is 11.8 Å². The first-order chi connectivity index (χ1) is 11.0. The van der Waals surface area contributed by atoms with Gasteiger partial charge in [0.05, 0.1) is 32.9 Å². The summed E-state index contributed by atoms with van der Waals surface area (Å²) in [6, 6.07) is 6.29. The van der Waals surface area contributed by atoms with Crippen LogP contribution in [0.15, 0.2) is 24.3 Å². The first-order valence-corrected chi connectivity index (χ1v) is 8.74. The molecule has 7 heteroatoms. The molecular formula is C16H23FN3O2S+. The van der Waals surface area contributed by atoms with Crippen molar-refractivity contribution in [3.05, 3.63) is 35.6 Å². The Kier molecular flexibility index (Phi) is 6.41. The Bertz CT molecular complexity index is 568. The van der Waals surface area contributed by atoms with E-state index in [4.69, 9.17) is 0 Å². The number of hydrogen-bond acceptors (Lipinski definition) is 3. The van der Waals surface area contributed by atoms with Crippen LogP contribution in [-0.2, 0) is 9.59 Å². The summed E-state index contributed by atoms with van der Waals surface area (Å²) >= 11 is 1.47. The highest BCUT2D eigenvalue weighted by Crippen LogP contribution is 2.38. The van der Waals surface area contributed by atoms with E-state index < -0.39 is 0 Å². The predicted octanol–water partition coefficient (Wildman–Crippen LogP) is 0.0505. The molecule has 0 aliphatic carbocycles. The Balaban J connectivity index is 1.89. The molecule has 1 aliphatic heterocycles. The molecule has 5 nitrogen and oxygen atoms in total. The molecule has 1 fully saturated rings. The van der Waals surface area contributed by atoms with Crippen LogP contribution < -0.4 is 10.2 Å². The van der Waals surface area contributed by atoms with Gasteiger partial charge in [-0.25, -0.2) is 4.39 Å². The molecule has 2 N–H and O–H groups in total. The predicted molar refractivity (Wildman–Crippen MR) is 88.6 cm³/mol. The smallest absolute Gasteiger partial charge is 0.233 e. The van der Waals surface area contributed by atoms with E-state index in [2.05, 4.69) is 5.32 Å². The number of nitrogens with one attached hydrogen (secondary N) is 2. The summed E-state index contributed by atoms with van der Waals surface area (Å²) in [6.07, 6.45) is 0.265. The van der Waals surface area contributed by atoms with E-state index in [9.17, 15) is 14.0 Å². The van der Waals surface area contributed by atoms with Gasteiger partial charge in [-0.05, 0) is 17.7 Å². The number of rotatable bonds is 7. The van der Waals surface area contributed by atoms with E-state index >= 15 is 0 Å². The van der Waals surface area contributed by atoms with Crippen LogP contribution in [0.2, 0.25) is 0 Å². The zero-order valence-corrected chi connectivity index (χ0v) is 14.3. The molecule has 2 rings (SSSR count). The molecule has 0 unspecified atom stereocenters. The van der Waals surface area contributed by atoms with E-state index in [1.54, 1.807) is 11.0 Å². The second-order valence-electron chi connectivity index (χ2n) is 5.86. The first-order valence-electron chi connectivity index (χ1n) is 7.69. The first kappa shape index (κ1) is 17.7. The Morgan fingerprint density at radius 2 is 2.26 bits per heavy atom. The highest BCUT2D eigenvalue weighted by atomic mass is 32.2. The van der Waals surface area contributed by atoms with Crippen LogP contribution in [0.3, 0.4) is 0 Å². The van der Waals surface area contributed by atoms with Gasteiger partial charge in [0.25, 0.3) is 0 Å². The van der Waals surface area contributed by atoms with Gasteiger partial charge in [-0.2, -0.15) is 0 Å². The average Bonchev–Trinajstić information content (AvgIpc) is 2.86. The Hall–Kier alpha value is -1.60. The summed E-state index contributed by atoms with van der Waals surface area (Å²) in [5.41, 5.74) is 0.762. The monoisotopic (exact) mass is 340 g/mol. The molecule has 0 radical (unpaired) electrons. The number of quaternary nitrogens is 1. The van der Waals surface area contributed by atoms with Gasteiger partial charge in [0.15, 0.2) is 0 Å². The lowest BCUT2D eigenvalue weighted by Gasteiger charge is -2.24. The van der Waals surface area contributed by atoms with E-state index in [-0.39, 0.29) is 29.4 Å².